The van der Waals surface area contributed by atoms with Gasteiger partial charge in [-0.25, -0.2) is 0 Å². The Morgan fingerprint density at radius 2 is 0.918 bits per heavy atom. The van der Waals surface area contributed by atoms with Crippen molar-refractivity contribution in [3.63, 3.8) is 0 Å². The van der Waals surface area contributed by atoms with Gasteiger partial charge in [-0.15, -0.1) is 0 Å². The van der Waals surface area contributed by atoms with Gasteiger partial charge in [0.25, 0.3) is 0 Å². The van der Waals surface area contributed by atoms with Gasteiger partial charge in [-0.05, 0) is 192 Å². The number of rotatable bonds is 6. The van der Waals surface area contributed by atoms with Gasteiger partial charge < -0.3 is 14.2 Å². The van der Waals surface area contributed by atoms with Crippen molar-refractivity contribution in [3.05, 3.63) is 304 Å². The second-order valence-electron chi connectivity index (χ2n) is 25.0. The Morgan fingerprint density at radius 1 is 0.400 bits per heavy atom. The van der Waals surface area contributed by atoms with E-state index in [2.05, 4.69) is 292 Å². The molecule has 1 spiro atoms. The maximum atomic E-state index is 7.55. The lowest BCUT2D eigenvalue weighted by molar-refractivity contribution is 0.660. The largest absolute Gasteiger partial charge is 0.455 e. The summed E-state index contributed by atoms with van der Waals surface area (Å²) in [5.41, 5.74) is 27.9. The zero-order chi connectivity index (χ0) is 56.5. The number of benzene rings is 12. The lowest BCUT2D eigenvalue weighted by Gasteiger charge is -2.40. The normalized spacial score (nSPS) is 15.4. The zero-order valence-electron chi connectivity index (χ0n) is 47.9. The highest BCUT2D eigenvalue weighted by Crippen LogP contribution is 2.66. The number of fused-ring (bicyclic) bond motifs is 21. The Morgan fingerprint density at radius 3 is 1.61 bits per heavy atom. The van der Waals surface area contributed by atoms with Crippen LogP contribution in [0.25, 0.3) is 72.2 Å². The molecule has 0 amide bonds. The highest BCUT2D eigenvalue weighted by atomic mass is 32.2. The first-order valence-electron chi connectivity index (χ1n) is 30.0. The summed E-state index contributed by atoms with van der Waals surface area (Å²) in [6.07, 6.45) is 6.66. The van der Waals surface area contributed by atoms with Crippen LogP contribution in [0.2, 0.25) is 0 Å². The van der Waals surface area contributed by atoms with Crippen LogP contribution in [0.3, 0.4) is 0 Å². The maximum absolute atomic E-state index is 7.55. The van der Waals surface area contributed by atoms with Crippen LogP contribution in [0.4, 0.5) is 34.1 Å². The van der Waals surface area contributed by atoms with E-state index >= 15 is 0 Å². The summed E-state index contributed by atoms with van der Waals surface area (Å²) in [6, 6.07) is 92.3. The van der Waals surface area contributed by atoms with Crippen LogP contribution in [0.1, 0.15) is 89.8 Å². The highest BCUT2D eigenvalue weighted by molar-refractivity contribution is 7.99. The Kier molecular flexibility index (Phi) is 10.2. The second kappa shape index (κ2) is 17.7. The summed E-state index contributed by atoms with van der Waals surface area (Å²) in [5, 5.41) is 4.58. The van der Waals surface area contributed by atoms with Crippen LogP contribution in [0.5, 0.6) is 0 Å². The first-order chi connectivity index (χ1) is 41.6. The molecule has 0 unspecified atom stereocenters. The molecular weight excluding hydrogens is 1050 g/mol. The number of anilines is 6. The molecule has 404 valence electrons. The second-order valence-corrected chi connectivity index (χ2v) is 26.1. The molecule has 18 rings (SSSR count). The van der Waals surface area contributed by atoms with E-state index in [1.807, 2.05) is 11.8 Å². The summed E-state index contributed by atoms with van der Waals surface area (Å²) in [4.78, 5) is 7.60. The monoisotopic (exact) mass is 1110 g/mol. The minimum Gasteiger partial charge on any atom is -0.455 e. The first kappa shape index (κ1) is 48.9. The van der Waals surface area contributed by atoms with Crippen LogP contribution in [-0.2, 0) is 22.7 Å². The average Bonchev–Trinajstić information content (AvgIpc) is 1.60. The summed E-state index contributed by atoms with van der Waals surface area (Å²) in [5.74, 6) is 0. The van der Waals surface area contributed by atoms with E-state index in [0.717, 1.165) is 74.5 Å². The molecular formula is C81H58N2OS. The number of furan rings is 1. The van der Waals surface area contributed by atoms with Gasteiger partial charge in [0.2, 0.25) is 0 Å². The predicted octanol–water partition coefficient (Wildman–Crippen LogP) is 22.1. The molecule has 0 atom stereocenters. The standard InChI is InChI=1S/C81H58N2OS/c1-79(2)64-26-12-9-23-58(64)60-40-37-55(45-68(60)79)82(53-35-33-49-19-5-7-21-51(49)43-53)56-39-42-62-70(47-56)81(66-28-14-17-31-74(66)85-75-32-18-15-29-67(75)81)71-48-72(77-63-25-11-16-30-73(63)84-78(77)76(62)71)83(54-36-34-50-20-6-8-22-52(50)44-54)57-38-41-61-59-24-10-13-27-65(59)80(3,4)69(61)46-57/h5-6,8-20,22-48H,7,21H2,1-4H3. The number of aryl methyl sites for hydroxylation is 1. The van der Waals surface area contributed by atoms with Gasteiger partial charge in [0.05, 0.1) is 16.5 Å². The number of hydrogen-bond acceptors (Lipinski definition) is 4. The van der Waals surface area contributed by atoms with Crippen molar-refractivity contribution in [2.75, 3.05) is 9.80 Å². The van der Waals surface area contributed by atoms with Crippen LogP contribution in [-0.4, -0.2) is 0 Å². The van der Waals surface area contributed by atoms with Gasteiger partial charge in [-0.2, -0.15) is 0 Å². The van der Waals surface area contributed by atoms with Gasteiger partial charge >= 0.3 is 0 Å². The van der Waals surface area contributed by atoms with Gasteiger partial charge in [-0.3, -0.25) is 0 Å². The van der Waals surface area contributed by atoms with Crippen molar-refractivity contribution in [2.24, 2.45) is 0 Å². The van der Waals surface area contributed by atoms with E-state index in [9.17, 15) is 0 Å². The van der Waals surface area contributed by atoms with Crippen LogP contribution >= 0.6 is 11.8 Å². The Bertz CT molecular complexity index is 5050. The molecule has 1 aromatic heterocycles. The van der Waals surface area contributed by atoms with Crippen LogP contribution in [0, 0.1) is 0 Å². The van der Waals surface area contributed by atoms with Crippen molar-refractivity contribution in [1.29, 1.82) is 0 Å². The minimum atomic E-state index is -0.772. The zero-order valence-corrected chi connectivity index (χ0v) is 48.7. The van der Waals surface area contributed by atoms with Crippen molar-refractivity contribution >= 4 is 84.7 Å². The summed E-state index contributed by atoms with van der Waals surface area (Å²) < 4.78 is 7.55. The fraction of sp³-hybridized carbons (Fsp3) is 0.111. The van der Waals surface area contributed by atoms with E-state index < -0.39 is 5.41 Å². The Labute approximate surface area is 500 Å². The molecule has 0 N–H and O–H groups in total. The van der Waals surface area contributed by atoms with Crippen molar-refractivity contribution in [3.8, 4) is 33.4 Å². The van der Waals surface area contributed by atoms with E-state index in [1.165, 1.54) is 104 Å². The summed E-state index contributed by atoms with van der Waals surface area (Å²) in [7, 11) is 0. The fourth-order valence-electron chi connectivity index (χ4n) is 16.0. The smallest absolute Gasteiger partial charge is 0.145 e. The van der Waals surface area contributed by atoms with E-state index in [4.69, 9.17) is 4.42 Å². The quantitative estimate of drug-likeness (QED) is 0.165. The summed E-state index contributed by atoms with van der Waals surface area (Å²) in [6.45, 7) is 9.56. The molecule has 1 aliphatic heterocycles. The molecule has 5 aliphatic rings. The molecule has 13 aromatic rings. The Balaban J connectivity index is 0.941. The lowest BCUT2D eigenvalue weighted by atomic mass is 9.67. The Hall–Kier alpha value is -9.61. The molecule has 85 heavy (non-hydrogen) atoms. The molecule has 0 saturated heterocycles. The van der Waals surface area contributed by atoms with Crippen molar-refractivity contribution in [1.82, 2.24) is 0 Å². The van der Waals surface area contributed by atoms with Gasteiger partial charge in [0.15, 0.2) is 0 Å². The third kappa shape index (κ3) is 6.75. The fourth-order valence-corrected chi connectivity index (χ4v) is 17.1. The van der Waals surface area contributed by atoms with Crippen molar-refractivity contribution in [2.45, 2.75) is 66.6 Å². The topological polar surface area (TPSA) is 19.6 Å². The molecule has 0 saturated carbocycles. The molecule has 4 aliphatic carbocycles. The third-order valence-electron chi connectivity index (χ3n) is 19.9. The van der Waals surface area contributed by atoms with Crippen molar-refractivity contribution < 1.29 is 4.42 Å². The molecule has 0 radical (unpaired) electrons. The predicted molar refractivity (Wildman–Crippen MR) is 355 cm³/mol. The number of hydrogen-bond donors (Lipinski definition) is 0. The summed E-state index contributed by atoms with van der Waals surface area (Å²) >= 11 is 1.88. The number of para-hydroxylation sites is 1. The molecule has 0 fully saturated rings. The van der Waals surface area contributed by atoms with E-state index in [0.29, 0.717) is 0 Å². The molecule has 12 aromatic carbocycles. The third-order valence-corrected chi connectivity index (χ3v) is 21.1. The number of nitrogens with zero attached hydrogens (tertiary/aromatic N) is 2. The van der Waals surface area contributed by atoms with Crippen LogP contribution < -0.4 is 9.80 Å². The number of allylic oxidation sites excluding steroid dienone is 1. The van der Waals surface area contributed by atoms with Crippen LogP contribution in [0.15, 0.2) is 263 Å². The molecule has 2 heterocycles. The van der Waals surface area contributed by atoms with Gasteiger partial charge in [-0.1, -0.05) is 209 Å². The lowest BCUT2D eigenvalue weighted by Crippen LogP contribution is -2.32. The first-order valence-corrected chi connectivity index (χ1v) is 30.8. The maximum Gasteiger partial charge on any atom is 0.145 e. The van der Waals surface area contributed by atoms with Gasteiger partial charge in [0.1, 0.15) is 11.2 Å². The van der Waals surface area contributed by atoms with Gasteiger partial charge in [0, 0.05) is 60.0 Å². The minimum absolute atomic E-state index is 0.178. The average molecular weight is 1110 g/mol. The molecule has 4 heteroatoms. The molecule has 3 nitrogen and oxygen atoms in total. The van der Waals surface area contributed by atoms with E-state index in [-0.39, 0.29) is 10.8 Å². The SMILES string of the molecule is CC1(C)c2ccccc2-c2ccc(N(c3ccc4c(c3)CCC=C4)c3ccc4c(c3)C3(c5ccccc5Sc5ccccc53)c3cc(N(c5ccc6c(c5)C(C)(C)c5ccccc5-6)c5ccc6ccccc6c5)c5c(oc6ccccc65)c3-4)cc21. The highest BCUT2D eigenvalue weighted by Gasteiger charge is 2.52. The molecule has 0 bridgehead atoms. The van der Waals surface area contributed by atoms with E-state index in [1.54, 1.807) is 0 Å².